The Bertz CT molecular complexity index is 1090. The Morgan fingerprint density at radius 3 is 2.69 bits per heavy atom. The number of hydrogen-bond donors (Lipinski definition) is 2. The van der Waals surface area contributed by atoms with Crippen LogP contribution in [0.15, 0.2) is 47.4 Å². The summed E-state index contributed by atoms with van der Waals surface area (Å²) in [6, 6.07) is 7.67. The van der Waals surface area contributed by atoms with E-state index < -0.39 is 38.9 Å². The zero-order valence-corrected chi connectivity index (χ0v) is 18.6. The monoisotopic (exact) mass is 490 g/mol. The van der Waals surface area contributed by atoms with E-state index in [-0.39, 0.29) is 23.7 Å². The van der Waals surface area contributed by atoms with Gasteiger partial charge in [0.2, 0.25) is 0 Å². The number of carbonyl (C=O) groups is 1. The molecule has 2 aromatic rings. The molecule has 0 spiro atoms. The number of carboxylic acid groups (broad SMARTS) is 1. The molecular formula is C20H21F3N2O5S2. The van der Waals surface area contributed by atoms with Crippen LogP contribution in [0, 0.1) is 0 Å². The third-order valence-electron chi connectivity index (χ3n) is 4.68. The van der Waals surface area contributed by atoms with E-state index >= 15 is 0 Å². The molecule has 1 aliphatic rings. The van der Waals surface area contributed by atoms with Crippen molar-refractivity contribution in [2.75, 3.05) is 27.7 Å². The van der Waals surface area contributed by atoms with Crippen molar-refractivity contribution in [3.63, 3.8) is 0 Å². The first-order chi connectivity index (χ1) is 15.0. The number of amides is 1. The maximum atomic E-state index is 13.4. The number of rotatable bonds is 7. The molecule has 0 aromatic heterocycles. The van der Waals surface area contributed by atoms with Crippen LogP contribution in [0.3, 0.4) is 0 Å². The zero-order valence-electron chi connectivity index (χ0n) is 16.9. The van der Waals surface area contributed by atoms with Crippen molar-refractivity contribution < 1.29 is 36.2 Å². The summed E-state index contributed by atoms with van der Waals surface area (Å²) >= 11 is 1.65. The first-order valence-corrected chi connectivity index (χ1v) is 12.2. The molecule has 1 heterocycles. The van der Waals surface area contributed by atoms with Gasteiger partial charge in [-0.3, -0.25) is 9.62 Å². The lowest BCUT2D eigenvalue weighted by molar-refractivity contribution is -0.137. The van der Waals surface area contributed by atoms with Gasteiger partial charge in [-0.05, 0) is 54.3 Å². The maximum absolute atomic E-state index is 13.4. The fourth-order valence-corrected chi connectivity index (χ4v) is 5.47. The number of thioether (sulfide) groups is 1. The van der Waals surface area contributed by atoms with Gasteiger partial charge in [0.05, 0.1) is 22.7 Å². The molecule has 0 saturated carbocycles. The summed E-state index contributed by atoms with van der Waals surface area (Å²) in [6.07, 6.45) is -6.03. The van der Waals surface area contributed by atoms with Gasteiger partial charge in [-0.25, -0.2) is 13.2 Å². The van der Waals surface area contributed by atoms with Gasteiger partial charge < -0.3 is 9.84 Å². The van der Waals surface area contributed by atoms with Gasteiger partial charge in [0, 0.05) is 5.69 Å². The van der Waals surface area contributed by atoms with Crippen LogP contribution in [0.25, 0.3) is 0 Å². The molecule has 12 heteroatoms. The number of nitrogens with zero attached hydrogens (tertiary/aromatic N) is 1. The van der Waals surface area contributed by atoms with Crippen LogP contribution in [0.4, 0.5) is 29.3 Å². The van der Waals surface area contributed by atoms with Gasteiger partial charge in [-0.2, -0.15) is 24.9 Å². The second-order valence-corrected chi connectivity index (χ2v) is 10.2. The maximum Gasteiger partial charge on any atom is 0.416 e. The van der Waals surface area contributed by atoms with Gasteiger partial charge in [-0.1, -0.05) is 13.0 Å². The molecule has 32 heavy (non-hydrogen) atoms. The lowest BCUT2D eigenvalue weighted by Crippen LogP contribution is -2.43. The first-order valence-electron chi connectivity index (χ1n) is 9.60. The van der Waals surface area contributed by atoms with E-state index in [2.05, 4.69) is 5.32 Å². The van der Waals surface area contributed by atoms with Crippen molar-refractivity contribution in [3.8, 4) is 5.75 Å². The smallest absolute Gasteiger partial charge is 0.416 e. The minimum atomic E-state index is -4.70. The predicted molar refractivity (Wildman–Crippen MR) is 116 cm³/mol. The third-order valence-corrected chi connectivity index (χ3v) is 7.39. The van der Waals surface area contributed by atoms with Crippen molar-refractivity contribution in [1.82, 2.24) is 0 Å². The van der Waals surface area contributed by atoms with Gasteiger partial charge >= 0.3 is 12.3 Å². The standard InChI is InChI=1S/C20H21F3N2O5S2/c1-2-31-9-8-15-12-25(17-11-14(24-19(26)27)6-7-18(17)30-15)32(28,29)16-5-3-4-13(10-16)20(21,22)23/h3-7,10-11,15,24H,2,8-9,12H2,1H3,(H,26,27). The zero-order chi connectivity index (χ0) is 23.5. The Hall–Kier alpha value is -2.60. The van der Waals surface area contributed by atoms with Crippen LogP contribution >= 0.6 is 11.8 Å². The van der Waals surface area contributed by atoms with Crippen LogP contribution in [-0.2, 0) is 16.2 Å². The molecule has 0 saturated heterocycles. The summed E-state index contributed by atoms with van der Waals surface area (Å²) < 4.78 is 73.1. The summed E-state index contributed by atoms with van der Waals surface area (Å²) in [4.78, 5) is 10.5. The molecule has 1 amide bonds. The number of anilines is 2. The number of nitrogens with one attached hydrogen (secondary N) is 1. The highest BCUT2D eigenvalue weighted by Crippen LogP contribution is 2.40. The molecular weight excluding hydrogens is 469 g/mol. The minimum Gasteiger partial charge on any atom is -0.486 e. The van der Waals surface area contributed by atoms with E-state index in [1.54, 1.807) is 11.8 Å². The normalized spacial score (nSPS) is 16.2. The second-order valence-electron chi connectivity index (χ2n) is 6.90. The van der Waals surface area contributed by atoms with E-state index in [9.17, 15) is 26.4 Å². The van der Waals surface area contributed by atoms with Crippen LogP contribution in [0.2, 0.25) is 0 Å². The number of alkyl halides is 3. The van der Waals surface area contributed by atoms with Crippen molar-refractivity contribution >= 4 is 39.3 Å². The molecule has 0 radical (unpaired) electrons. The Morgan fingerprint density at radius 2 is 2.03 bits per heavy atom. The van der Waals surface area contributed by atoms with Crippen molar-refractivity contribution in [2.24, 2.45) is 0 Å². The lowest BCUT2D eigenvalue weighted by Gasteiger charge is -2.36. The lowest BCUT2D eigenvalue weighted by atomic mass is 10.2. The second kappa shape index (κ2) is 9.49. The van der Waals surface area contributed by atoms with Gasteiger partial charge in [-0.15, -0.1) is 0 Å². The van der Waals surface area contributed by atoms with Crippen LogP contribution in [0.1, 0.15) is 18.9 Å². The first kappa shape index (κ1) is 24.1. The molecule has 7 nitrogen and oxygen atoms in total. The molecule has 1 aliphatic heterocycles. The molecule has 2 aromatic carbocycles. The SMILES string of the molecule is CCSCCC1CN(S(=O)(=O)c2cccc(C(F)(F)F)c2)c2cc(NC(=O)O)ccc2O1. The molecule has 174 valence electrons. The van der Waals surface area contributed by atoms with Crippen molar-refractivity contribution in [3.05, 3.63) is 48.0 Å². The Balaban J connectivity index is 2.04. The molecule has 3 rings (SSSR count). The van der Waals surface area contributed by atoms with Crippen LogP contribution in [-0.4, -0.2) is 43.8 Å². The summed E-state index contributed by atoms with van der Waals surface area (Å²) in [6.45, 7) is 1.87. The Kier molecular flexibility index (Phi) is 7.13. The van der Waals surface area contributed by atoms with E-state index in [4.69, 9.17) is 9.84 Å². The quantitative estimate of drug-likeness (QED) is 0.537. The molecule has 2 N–H and O–H groups in total. The van der Waals surface area contributed by atoms with Gasteiger partial charge in [0.1, 0.15) is 11.9 Å². The number of ether oxygens (including phenoxy) is 1. The third kappa shape index (κ3) is 5.41. The average Bonchev–Trinajstić information content (AvgIpc) is 2.72. The number of halogens is 3. The van der Waals surface area contributed by atoms with Crippen LogP contribution < -0.4 is 14.4 Å². The van der Waals surface area contributed by atoms with Crippen LogP contribution in [0.5, 0.6) is 5.75 Å². The Morgan fingerprint density at radius 1 is 1.28 bits per heavy atom. The highest BCUT2D eigenvalue weighted by Gasteiger charge is 2.37. The van der Waals surface area contributed by atoms with Crippen molar-refractivity contribution in [2.45, 2.75) is 30.5 Å². The topological polar surface area (TPSA) is 95.9 Å². The predicted octanol–water partition coefficient (Wildman–Crippen LogP) is 4.89. The van der Waals surface area contributed by atoms with E-state index in [0.29, 0.717) is 18.2 Å². The van der Waals surface area contributed by atoms with Gasteiger partial charge in [0.15, 0.2) is 0 Å². The minimum absolute atomic E-state index is 0.0491. The largest absolute Gasteiger partial charge is 0.486 e. The summed E-state index contributed by atoms with van der Waals surface area (Å²) in [7, 11) is -4.40. The highest BCUT2D eigenvalue weighted by molar-refractivity contribution is 7.99. The number of sulfonamides is 1. The molecule has 0 aliphatic carbocycles. The fourth-order valence-electron chi connectivity index (χ4n) is 3.21. The molecule has 1 unspecified atom stereocenters. The molecule has 0 fully saturated rings. The fraction of sp³-hybridized carbons (Fsp3) is 0.350. The number of hydrogen-bond acceptors (Lipinski definition) is 5. The molecule has 1 atom stereocenters. The summed E-state index contributed by atoms with van der Waals surface area (Å²) in [5.74, 6) is 1.79. The van der Waals surface area contributed by atoms with Gasteiger partial charge in [0.25, 0.3) is 10.0 Å². The average molecular weight is 491 g/mol. The highest BCUT2D eigenvalue weighted by atomic mass is 32.2. The van der Waals surface area contributed by atoms with Crippen molar-refractivity contribution in [1.29, 1.82) is 0 Å². The summed E-state index contributed by atoms with van der Waals surface area (Å²) in [5, 5.41) is 11.1. The van der Waals surface area contributed by atoms with E-state index in [1.807, 2.05) is 6.92 Å². The number of benzene rings is 2. The van der Waals surface area contributed by atoms with E-state index in [0.717, 1.165) is 28.3 Å². The van der Waals surface area contributed by atoms with E-state index in [1.165, 1.54) is 18.2 Å². The Labute approximate surface area is 187 Å². The number of fused-ring (bicyclic) bond motifs is 1. The summed E-state index contributed by atoms with van der Waals surface area (Å²) in [5.41, 5.74) is -0.929. The molecule has 0 bridgehead atoms.